The molecule has 0 spiro atoms. The Morgan fingerprint density at radius 1 is 1.05 bits per heavy atom. The molecular weight excluding hydrogens is 483 g/mol. The van der Waals surface area contributed by atoms with Crippen LogP contribution >= 0.6 is 0 Å². The monoisotopic (exact) mass is 514 g/mol. The number of nitrogens with zero attached hydrogens (tertiary/aromatic N) is 6. The summed E-state index contributed by atoms with van der Waals surface area (Å²) in [7, 11) is 3.53. The van der Waals surface area contributed by atoms with Crippen molar-refractivity contribution in [2.75, 3.05) is 36.6 Å². The van der Waals surface area contributed by atoms with Crippen LogP contribution in [0.5, 0.6) is 0 Å². The van der Waals surface area contributed by atoms with Crippen molar-refractivity contribution in [3.05, 3.63) is 63.8 Å². The van der Waals surface area contributed by atoms with Gasteiger partial charge in [0.05, 0.1) is 17.8 Å². The molecule has 0 amide bonds. The van der Waals surface area contributed by atoms with Crippen molar-refractivity contribution in [1.82, 2.24) is 9.55 Å². The number of anilines is 2. The number of rotatable bonds is 6. The van der Waals surface area contributed by atoms with E-state index in [0.717, 1.165) is 57.6 Å². The molecule has 2 aromatic heterocycles. The van der Waals surface area contributed by atoms with E-state index >= 15 is 0 Å². The maximum atomic E-state index is 13.7. The Kier molecular flexibility index (Phi) is 7.31. The average molecular weight is 515 g/mol. The molecule has 38 heavy (non-hydrogen) atoms. The average Bonchev–Trinajstić information content (AvgIpc) is 3.47. The highest BCUT2D eigenvalue weighted by molar-refractivity contribution is 5.92. The van der Waals surface area contributed by atoms with Gasteiger partial charge >= 0.3 is 0 Å². The molecule has 8 nitrogen and oxygen atoms in total. The van der Waals surface area contributed by atoms with E-state index in [1.54, 1.807) is 19.2 Å². The van der Waals surface area contributed by atoms with Gasteiger partial charge in [-0.3, -0.25) is 4.79 Å². The van der Waals surface area contributed by atoms with Crippen LogP contribution < -0.4 is 15.4 Å². The van der Waals surface area contributed by atoms with Crippen LogP contribution in [0.25, 0.3) is 11.0 Å². The van der Waals surface area contributed by atoms with Crippen LogP contribution in [0.4, 0.5) is 15.8 Å². The molecule has 3 heterocycles. The van der Waals surface area contributed by atoms with Gasteiger partial charge in [-0.05, 0) is 68.5 Å². The zero-order chi connectivity index (χ0) is 26.8. The summed E-state index contributed by atoms with van der Waals surface area (Å²) in [5, 5.41) is 19.4. The molecule has 9 heteroatoms. The maximum absolute atomic E-state index is 13.7. The van der Waals surface area contributed by atoms with E-state index in [9.17, 15) is 19.7 Å². The zero-order valence-corrected chi connectivity index (χ0v) is 21.7. The van der Waals surface area contributed by atoms with E-state index in [0.29, 0.717) is 28.7 Å². The van der Waals surface area contributed by atoms with E-state index < -0.39 is 0 Å². The number of benzene rings is 1. The van der Waals surface area contributed by atoms with Gasteiger partial charge in [0.2, 0.25) is 0 Å². The molecule has 196 valence electrons. The van der Waals surface area contributed by atoms with Gasteiger partial charge in [0, 0.05) is 50.9 Å². The third kappa shape index (κ3) is 4.82. The molecule has 1 unspecified atom stereocenters. The lowest BCUT2D eigenvalue weighted by molar-refractivity contribution is 0.185. The summed E-state index contributed by atoms with van der Waals surface area (Å²) >= 11 is 0. The summed E-state index contributed by atoms with van der Waals surface area (Å²) in [5.41, 5.74) is 2.50. The third-order valence-corrected chi connectivity index (χ3v) is 8.09. The van der Waals surface area contributed by atoms with Gasteiger partial charge in [-0.1, -0.05) is 0 Å². The lowest BCUT2D eigenvalue weighted by atomic mass is 9.88. The molecule has 1 aliphatic heterocycles. The molecule has 1 saturated heterocycles. The van der Waals surface area contributed by atoms with Crippen LogP contribution in [0.3, 0.4) is 0 Å². The van der Waals surface area contributed by atoms with Gasteiger partial charge in [-0.2, -0.15) is 10.5 Å². The first-order chi connectivity index (χ1) is 18.4. The van der Waals surface area contributed by atoms with Crippen LogP contribution in [-0.2, 0) is 11.8 Å². The number of aryl methyl sites for hydroxylation is 1. The van der Waals surface area contributed by atoms with Crippen molar-refractivity contribution in [2.45, 2.75) is 44.2 Å². The lowest BCUT2D eigenvalue weighted by Gasteiger charge is -2.42. The molecule has 0 radical (unpaired) electrons. The highest BCUT2D eigenvalue weighted by atomic mass is 19.1. The van der Waals surface area contributed by atoms with Gasteiger partial charge in [-0.25, -0.2) is 9.37 Å². The van der Waals surface area contributed by atoms with Crippen molar-refractivity contribution in [3.63, 3.8) is 0 Å². The first kappa shape index (κ1) is 25.7. The van der Waals surface area contributed by atoms with Crippen LogP contribution in [0.2, 0.25) is 0 Å². The highest BCUT2D eigenvalue weighted by Crippen LogP contribution is 2.35. The van der Waals surface area contributed by atoms with Crippen molar-refractivity contribution >= 4 is 22.4 Å². The molecule has 0 N–H and O–H groups in total. The van der Waals surface area contributed by atoms with E-state index in [1.165, 1.54) is 16.7 Å². The minimum atomic E-state index is -0.372. The Morgan fingerprint density at radius 3 is 2.39 bits per heavy atom. The first-order valence-corrected chi connectivity index (χ1v) is 13.1. The van der Waals surface area contributed by atoms with E-state index in [4.69, 9.17) is 4.74 Å². The van der Waals surface area contributed by atoms with Gasteiger partial charge in [0.25, 0.3) is 5.56 Å². The predicted octanol–water partition coefficient (Wildman–Crippen LogP) is 4.11. The Morgan fingerprint density at radius 2 is 1.76 bits per heavy atom. The fraction of sp³-hybridized carbons (Fsp3) is 0.448. The van der Waals surface area contributed by atoms with Gasteiger partial charge in [-0.15, -0.1) is 0 Å². The highest BCUT2D eigenvalue weighted by Gasteiger charge is 2.32. The fourth-order valence-corrected chi connectivity index (χ4v) is 5.94. The number of ether oxygens (including phenoxy) is 1. The van der Waals surface area contributed by atoms with Crippen LogP contribution in [0, 0.1) is 34.4 Å². The summed E-state index contributed by atoms with van der Waals surface area (Å²) in [4.78, 5) is 22.0. The predicted molar refractivity (Wildman–Crippen MR) is 144 cm³/mol. The van der Waals surface area contributed by atoms with Crippen LogP contribution in [-0.4, -0.2) is 48.4 Å². The minimum absolute atomic E-state index is 0.0429. The van der Waals surface area contributed by atoms with Crippen molar-refractivity contribution < 1.29 is 9.13 Å². The van der Waals surface area contributed by atoms with Crippen molar-refractivity contribution in [3.8, 4) is 12.1 Å². The first-order valence-electron chi connectivity index (χ1n) is 13.1. The number of hydrogen-bond donors (Lipinski definition) is 0. The third-order valence-electron chi connectivity index (χ3n) is 8.09. The SMILES string of the molecule is Cn1c(=O)c(C#N)c(N(C)[C@H]2CC[C@H](N(CC3CCOC3)c3ccc(F)cc3)CC2)c2nc(C#N)ccc21. The molecule has 1 saturated carbocycles. The molecule has 2 aliphatic rings. The second kappa shape index (κ2) is 10.8. The molecular formula is C29H31FN6O2. The minimum Gasteiger partial charge on any atom is -0.381 e. The standard InChI is InChI=1S/C29H31FN6O2/c1-34(28-25(16-32)29(37)35(2)26-12-5-21(15-31)33-27(26)28)22-8-10-24(11-9-22)36(17-19-13-14-38-18-19)23-6-3-20(30)4-7-23/h3-7,12,19,22,24H,8-11,13-14,17-18H2,1-2H3/t19?,22-,24-. The lowest BCUT2D eigenvalue weighted by Crippen LogP contribution is -2.45. The topological polar surface area (TPSA) is 98.2 Å². The van der Waals surface area contributed by atoms with Crippen LogP contribution in [0.1, 0.15) is 43.4 Å². The van der Waals surface area contributed by atoms with Gasteiger partial charge < -0.3 is 19.1 Å². The maximum Gasteiger partial charge on any atom is 0.270 e. The molecule has 1 aromatic carbocycles. The van der Waals surface area contributed by atoms with E-state index in [-0.39, 0.29) is 28.7 Å². The summed E-state index contributed by atoms with van der Waals surface area (Å²) in [6, 6.07) is 14.6. The van der Waals surface area contributed by atoms with E-state index in [1.807, 2.05) is 24.1 Å². The Labute approximate surface area is 221 Å². The second-order valence-electron chi connectivity index (χ2n) is 10.3. The van der Waals surface area contributed by atoms with Gasteiger partial charge in [0.15, 0.2) is 0 Å². The molecule has 1 aliphatic carbocycles. The summed E-state index contributed by atoms with van der Waals surface area (Å²) in [5.74, 6) is 0.205. The molecule has 2 fully saturated rings. The Hall–Kier alpha value is -3.95. The summed E-state index contributed by atoms with van der Waals surface area (Å²) in [6.07, 6.45) is 4.59. The number of aromatic nitrogens is 2. The van der Waals surface area contributed by atoms with Crippen molar-refractivity contribution in [2.24, 2.45) is 13.0 Å². The van der Waals surface area contributed by atoms with Crippen LogP contribution in [0.15, 0.2) is 41.2 Å². The summed E-state index contributed by atoms with van der Waals surface area (Å²) < 4.78 is 20.7. The number of fused-ring (bicyclic) bond motifs is 1. The molecule has 0 bridgehead atoms. The molecule has 3 aromatic rings. The molecule has 1 atom stereocenters. The molecule has 5 rings (SSSR count). The number of hydrogen-bond acceptors (Lipinski definition) is 7. The Balaban J connectivity index is 1.42. The van der Waals surface area contributed by atoms with E-state index in [2.05, 4.69) is 22.0 Å². The fourth-order valence-electron chi connectivity index (χ4n) is 5.94. The smallest absolute Gasteiger partial charge is 0.270 e. The second-order valence-corrected chi connectivity index (χ2v) is 10.3. The largest absolute Gasteiger partial charge is 0.381 e. The van der Waals surface area contributed by atoms with Gasteiger partial charge in [0.1, 0.15) is 34.7 Å². The Bertz CT molecular complexity index is 1460. The van der Waals surface area contributed by atoms with Crippen molar-refractivity contribution in [1.29, 1.82) is 10.5 Å². The summed E-state index contributed by atoms with van der Waals surface area (Å²) in [6.45, 7) is 2.41. The number of halogens is 1. The number of pyridine rings is 2. The normalized spacial score (nSPS) is 21.1. The zero-order valence-electron chi connectivity index (χ0n) is 21.7. The quantitative estimate of drug-likeness (QED) is 0.488. The number of nitriles is 2.